The van der Waals surface area contributed by atoms with Crippen LogP contribution in [0.15, 0.2) is 191 Å². The summed E-state index contributed by atoms with van der Waals surface area (Å²) in [5.41, 5.74) is 11.4. The number of rotatable bonds is 5. The topological polar surface area (TPSA) is 69.9 Å². The number of benzene rings is 8. The van der Waals surface area contributed by atoms with Crippen molar-refractivity contribution in [3.63, 3.8) is 0 Å². The number of nitrogens with zero attached hydrogens (tertiary/aromatic N) is 4. The minimum Gasteiger partial charge on any atom is -0.456 e. The lowest BCUT2D eigenvalue weighted by atomic mass is 10.0. The average Bonchev–Trinajstić information content (AvgIpc) is 3.96. The van der Waals surface area contributed by atoms with Crippen molar-refractivity contribution in [2.45, 2.75) is 0 Å². The molecule has 12 rings (SSSR count). The quantitative estimate of drug-likeness (QED) is 0.176. The first-order valence-electron chi connectivity index (χ1n) is 19.0. The van der Waals surface area contributed by atoms with Gasteiger partial charge in [-0.3, -0.25) is 0 Å². The molecule has 0 radical (unpaired) electrons. The van der Waals surface area contributed by atoms with Gasteiger partial charge in [0.1, 0.15) is 22.3 Å². The Balaban J connectivity index is 1.13. The molecule has 0 N–H and O–H groups in total. The molecule has 4 aromatic heterocycles. The monoisotopic (exact) mass is 730 g/mol. The fourth-order valence-corrected chi connectivity index (χ4v) is 8.50. The molecule has 0 fully saturated rings. The van der Waals surface area contributed by atoms with Gasteiger partial charge in [-0.1, -0.05) is 133 Å². The van der Waals surface area contributed by atoms with Crippen LogP contribution in [0, 0.1) is 0 Å². The lowest BCUT2D eigenvalue weighted by Gasteiger charge is -2.12. The summed E-state index contributed by atoms with van der Waals surface area (Å²) in [4.78, 5) is 14.9. The predicted molar refractivity (Wildman–Crippen MR) is 230 cm³/mol. The van der Waals surface area contributed by atoms with Crippen LogP contribution in [-0.2, 0) is 0 Å². The van der Waals surface area contributed by atoms with Gasteiger partial charge in [0.15, 0.2) is 17.5 Å². The highest BCUT2D eigenvalue weighted by Crippen LogP contribution is 2.45. The summed E-state index contributed by atoms with van der Waals surface area (Å²) in [5, 5.41) is 6.60. The third-order valence-electron chi connectivity index (χ3n) is 11.1. The van der Waals surface area contributed by atoms with Crippen molar-refractivity contribution in [3.05, 3.63) is 182 Å². The van der Waals surface area contributed by atoms with Crippen molar-refractivity contribution in [1.29, 1.82) is 0 Å². The Morgan fingerprint density at radius 2 is 0.947 bits per heavy atom. The molecule has 0 unspecified atom stereocenters. The number of fused-ring (bicyclic) bond motifs is 10. The Labute approximate surface area is 325 Å². The van der Waals surface area contributed by atoms with Gasteiger partial charge in [0, 0.05) is 49.2 Å². The summed E-state index contributed by atoms with van der Waals surface area (Å²) in [6, 6.07) is 62.5. The Hall–Kier alpha value is -7.83. The van der Waals surface area contributed by atoms with Gasteiger partial charge in [-0.2, -0.15) is 0 Å². The van der Waals surface area contributed by atoms with Gasteiger partial charge in [-0.05, 0) is 54.1 Å². The van der Waals surface area contributed by atoms with Gasteiger partial charge in [0.05, 0.1) is 22.1 Å². The fraction of sp³-hybridized carbons (Fsp3) is 0. The molecule has 6 nitrogen and oxygen atoms in total. The van der Waals surface area contributed by atoms with Crippen molar-refractivity contribution in [2.24, 2.45) is 0 Å². The van der Waals surface area contributed by atoms with Crippen LogP contribution in [0.4, 0.5) is 0 Å². The number of hydrogen-bond donors (Lipinski definition) is 0. The number of furan rings is 2. The molecular formula is C51H30N4O2. The molecule has 0 aliphatic rings. The highest BCUT2D eigenvalue weighted by atomic mass is 16.3. The molecule has 4 heterocycles. The largest absolute Gasteiger partial charge is 0.456 e. The summed E-state index contributed by atoms with van der Waals surface area (Å²) in [7, 11) is 0. The van der Waals surface area contributed by atoms with E-state index in [2.05, 4.69) is 108 Å². The van der Waals surface area contributed by atoms with Crippen LogP contribution >= 0.6 is 0 Å². The van der Waals surface area contributed by atoms with Gasteiger partial charge in [-0.15, -0.1) is 0 Å². The number of para-hydroxylation sites is 2. The van der Waals surface area contributed by atoms with Gasteiger partial charge in [0.25, 0.3) is 0 Å². The maximum Gasteiger partial charge on any atom is 0.164 e. The highest BCUT2D eigenvalue weighted by molar-refractivity contribution is 6.28. The summed E-state index contributed by atoms with van der Waals surface area (Å²) in [6.45, 7) is 0. The molecular weight excluding hydrogens is 701 g/mol. The van der Waals surface area contributed by atoms with Gasteiger partial charge in [0.2, 0.25) is 0 Å². The molecule has 0 aliphatic heterocycles. The van der Waals surface area contributed by atoms with Crippen molar-refractivity contribution in [3.8, 4) is 51.0 Å². The smallest absolute Gasteiger partial charge is 0.164 e. The zero-order valence-corrected chi connectivity index (χ0v) is 30.4. The first kappa shape index (κ1) is 31.5. The van der Waals surface area contributed by atoms with E-state index in [0.717, 1.165) is 88.4 Å². The van der Waals surface area contributed by atoms with Crippen LogP contribution < -0.4 is 0 Å². The van der Waals surface area contributed by atoms with E-state index in [1.807, 2.05) is 78.9 Å². The SMILES string of the molecule is c1ccc(-c2nc(-c3ccccc3)nc(-c3ccc4c(c3)oc3c(-c5ccccc5)ccc(-n5c6ccccc6c6c7c(ccc65)oc5ccccc57)c34)n2)cc1. The van der Waals surface area contributed by atoms with E-state index in [0.29, 0.717) is 17.5 Å². The summed E-state index contributed by atoms with van der Waals surface area (Å²) < 4.78 is 15.8. The molecule has 6 heteroatoms. The van der Waals surface area contributed by atoms with E-state index in [9.17, 15) is 0 Å². The predicted octanol–water partition coefficient (Wildman–Crippen LogP) is 13.4. The fourth-order valence-electron chi connectivity index (χ4n) is 8.50. The standard InChI is InChI=1S/C51H30N4O2/c1-4-14-31(15-5-1)35-26-27-41(55-39-22-12-10-20-36(39)45-40(55)28-29-43-47(45)37-21-11-13-23-42(37)56-43)46-38-25-24-34(30-44(38)57-48(35)46)51-53-49(32-16-6-2-7-17-32)52-50(54-51)33-18-8-3-9-19-33/h1-30H. The van der Waals surface area contributed by atoms with Gasteiger partial charge < -0.3 is 13.4 Å². The third-order valence-corrected chi connectivity index (χ3v) is 11.1. The minimum atomic E-state index is 0.576. The first-order chi connectivity index (χ1) is 28.3. The van der Waals surface area contributed by atoms with Crippen LogP contribution in [-0.4, -0.2) is 19.5 Å². The van der Waals surface area contributed by atoms with Crippen LogP contribution in [0.3, 0.4) is 0 Å². The van der Waals surface area contributed by atoms with Gasteiger partial charge >= 0.3 is 0 Å². The van der Waals surface area contributed by atoms with E-state index in [-0.39, 0.29) is 0 Å². The van der Waals surface area contributed by atoms with Crippen LogP contribution in [0.5, 0.6) is 0 Å². The summed E-state index contributed by atoms with van der Waals surface area (Å²) >= 11 is 0. The van der Waals surface area contributed by atoms with Crippen LogP contribution in [0.1, 0.15) is 0 Å². The zero-order chi connectivity index (χ0) is 37.5. The summed E-state index contributed by atoms with van der Waals surface area (Å²) in [6.07, 6.45) is 0. The molecule has 0 amide bonds. The molecule has 266 valence electrons. The second-order valence-corrected chi connectivity index (χ2v) is 14.3. The average molecular weight is 731 g/mol. The van der Waals surface area contributed by atoms with Crippen molar-refractivity contribution in [1.82, 2.24) is 19.5 Å². The first-order valence-corrected chi connectivity index (χ1v) is 19.0. The highest BCUT2D eigenvalue weighted by Gasteiger charge is 2.23. The van der Waals surface area contributed by atoms with Crippen molar-refractivity contribution < 1.29 is 8.83 Å². The lowest BCUT2D eigenvalue weighted by Crippen LogP contribution is -2.00. The molecule has 12 aromatic rings. The Morgan fingerprint density at radius 3 is 1.67 bits per heavy atom. The molecule has 0 aliphatic carbocycles. The Morgan fingerprint density at radius 1 is 0.351 bits per heavy atom. The van der Waals surface area contributed by atoms with Crippen molar-refractivity contribution in [2.75, 3.05) is 0 Å². The molecule has 57 heavy (non-hydrogen) atoms. The molecule has 0 spiro atoms. The molecule has 8 aromatic carbocycles. The third kappa shape index (κ3) is 4.87. The molecule has 0 saturated heterocycles. The lowest BCUT2D eigenvalue weighted by molar-refractivity contribution is 0.669. The molecule has 0 bridgehead atoms. The molecule has 0 saturated carbocycles. The van der Waals surface area contributed by atoms with E-state index >= 15 is 0 Å². The van der Waals surface area contributed by atoms with E-state index < -0.39 is 0 Å². The Kier molecular flexibility index (Phi) is 6.83. The maximum absolute atomic E-state index is 7.01. The van der Waals surface area contributed by atoms with E-state index in [1.54, 1.807) is 0 Å². The molecule has 0 atom stereocenters. The van der Waals surface area contributed by atoms with Crippen LogP contribution in [0.2, 0.25) is 0 Å². The second-order valence-electron chi connectivity index (χ2n) is 14.3. The zero-order valence-electron chi connectivity index (χ0n) is 30.4. The normalized spacial score (nSPS) is 11.9. The van der Waals surface area contributed by atoms with Crippen LogP contribution in [0.25, 0.3) is 117 Å². The van der Waals surface area contributed by atoms with E-state index in [4.69, 9.17) is 23.8 Å². The second kappa shape index (κ2) is 12.3. The minimum absolute atomic E-state index is 0.576. The number of hydrogen-bond acceptors (Lipinski definition) is 5. The number of aromatic nitrogens is 4. The maximum atomic E-state index is 7.01. The summed E-state index contributed by atoms with van der Waals surface area (Å²) in [5.74, 6) is 1.81. The van der Waals surface area contributed by atoms with Crippen molar-refractivity contribution >= 4 is 65.7 Å². The van der Waals surface area contributed by atoms with Gasteiger partial charge in [-0.25, -0.2) is 15.0 Å². The Bertz CT molecular complexity index is 3450. The van der Waals surface area contributed by atoms with E-state index in [1.165, 1.54) is 10.8 Å².